The lowest BCUT2D eigenvalue weighted by molar-refractivity contribution is -0.385. The number of rotatable bonds is 5. The zero-order valence-electron chi connectivity index (χ0n) is 13.9. The maximum Gasteiger partial charge on any atom is 0.282 e. The van der Waals surface area contributed by atoms with Crippen LogP contribution in [-0.4, -0.2) is 30.2 Å². The van der Waals surface area contributed by atoms with Gasteiger partial charge in [-0.25, -0.2) is 0 Å². The van der Waals surface area contributed by atoms with E-state index in [0.717, 1.165) is 36.5 Å². The SMILES string of the molecule is CSc1ccc([N+](=O)[O-])c(C(=O)Nc2ccccc2N2CCCC2)c1. The van der Waals surface area contributed by atoms with E-state index in [-0.39, 0.29) is 11.3 Å². The number of amides is 1. The van der Waals surface area contributed by atoms with Crippen LogP contribution in [0.3, 0.4) is 0 Å². The smallest absolute Gasteiger partial charge is 0.282 e. The summed E-state index contributed by atoms with van der Waals surface area (Å²) >= 11 is 1.44. The molecule has 0 aliphatic carbocycles. The lowest BCUT2D eigenvalue weighted by atomic mass is 10.1. The highest BCUT2D eigenvalue weighted by Gasteiger charge is 2.22. The highest BCUT2D eigenvalue weighted by molar-refractivity contribution is 7.98. The molecule has 25 heavy (non-hydrogen) atoms. The minimum absolute atomic E-state index is 0.0769. The summed E-state index contributed by atoms with van der Waals surface area (Å²) in [5.41, 5.74) is 1.53. The highest BCUT2D eigenvalue weighted by atomic mass is 32.2. The second-order valence-electron chi connectivity index (χ2n) is 5.81. The minimum Gasteiger partial charge on any atom is -0.370 e. The van der Waals surface area contributed by atoms with Crippen LogP contribution in [0.25, 0.3) is 0 Å². The summed E-state index contributed by atoms with van der Waals surface area (Å²) in [5, 5.41) is 14.1. The fraction of sp³-hybridized carbons (Fsp3) is 0.278. The van der Waals surface area contributed by atoms with E-state index in [2.05, 4.69) is 10.2 Å². The molecule has 1 fully saturated rings. The van der Waals surface area contributed by atoms with Crippen LogP contribution in [0.5, 0.6) is 0 Å². The number of anilines is 2. The van der Waals surface area contributed by atoms with Gasteiger partial charge in [-0.3, -0.25) is 14.9 Å². The van der Waals surface area contributed by atoms with Gasteiger partial charge < -0.3 is 10.2 Å². The molecule has 1 aliphatic heterocycles. The molecule has 7 heteroatoms. The third kappa shape index (κ3) is 3.76. The van der Waals surface area contributed by atoms with E-state index in [1.165, 1.54) is 17.8 Å². The van der Waals surface area contributed by atoms with Crippen molar-refractivity contribution in [2.75, 3.05) is 29.6 Å². The van der Waals surface area contributed by atoms with E-state index in [0.29, 0.717) is 5.69 Å². The number of hydrogen-bond donors (Lipinski definition) is 1. The first-order chi connectivity index (χ1) is 12.1. The lowest BCUT2D eigenvalue weighted by Gasteiger charge is -2.21. The molecule has 0 spiro atoms. The number of carbonyl (C=O) groups is 1. The average molecular weight is 357 g/mol. The van der Waals surface area contributed by atoms with Gasteiger partial charge in [0.15, 0.2) is 0 Å². The van der Waals surface area contributed by atoms with Crippen LogP contribution < -0.4 is 10.2 Å². The summed E-state index contributed by atoms with van der Waals surface area (Å²) in [4.78, 5) is 26.5. The second kappa shape index (κ2) is 7.57. The fourth-order valence-corrected chi connectivity index (χ4v) is 3.43. The number of nitrogens with one attached hydrogen (secondary N) is 1. The van der Waals surface area contributed by atoms with Crippen molar-refractivity contribution >= 4 is 34.7 Å². The number of carbonyl (C=O) groups excluding carboxylic acids is 1. The van der Waals surface area contributed by atoms with Gasteiger partial charge in [0.2, 0.25) is 0 Å². The van der Waals surface area contributed by atoms with Gasteiger partial charge in [-0.15, -0.1) is 11.8 Å². The second-order valence-corrected chi connectivity index (χ2v) is 6.69. The van der Waals surface area contributed by atoms with Crippen LogP contribution in [0.4, 0.5) is 17.1 Å². The monoisotopic (exact) mass is 357 g/mol. The predicted molar refractivity (Wildman–Crippen MR) is 101 cm³/mol. The van der Waals surface area contributed by atoms with Gasteiger partial charge in [-0.2, -0.15) is 0 Å². The van der Waals surface area contributed by atoms with Crippen LogP contribution in [0.2, 0.25) is 0 Å². The molecule has 0 bridgehead atoms. The van der Waals surface area contributed by atoms with Crippen molar-refractivity contribution < 1.29 is 9.72 Å². The molecule has 1 heterocycles. The Labute approximate surface area is 150 Å². The quantitative estimate of drug-likeness (QED) is 0.494. The highest BCUT2D eigenvalue weighted by Crippen LogP contribution is 2.30. The molecule has 1 amide bonds. The maximum atomic E-state index is 12.7. The first-order valence-corrected chi connectivity index (χ1v) is 9.30. The third-order valence-electron chi connectivity index (χ3n) is 4.24. The number of thioether (sulfide) groups is 1. The summed E-state index contributed by atoms with van der Waals surface area (Å²) in [5.74, 6) is -0.464. The number of nitrogens with zero attached hydrogens (tertiary/aromatic N) is 2. The van der Waals surface area contributed by atoms with Gasteiger partial charge in [0.25, 0.3) is 11.6 Å². The van der Waals surface area contributed by atoms with Gasteiger partial charge in [-0.05, 0) is 43.4 Å². The van der Waals surface area contributed by atoms with Crippen molar-refractivity contribution in [3.05, 3.63) is 58.1 Å². The Balaban J connectivity index is 1.92. The molecular formula is C18H19N3O3S. The van der Waals surface area contributed by atoms with Crippen LogP contribution in [0.1, 0.15) is 23.2 Å². The van der Waals surface area contributed by atoms with Crippen LogP contribution >= 0.6 is 11.8 Å². The number of benzene rings is 2. The van der Waals surface area contributed by atoms with Gasteiger partial charge in [-0.1, -0.05) is 12.1 Å². The Morgan fingerprint density at radius 2 is 1.92 bits per heavy atom. The van der Waals surface area contributed by atoms with Crippen molar-refractivity contribution in [2.24, 2.45) is 0 Å². The summed E-state index contributed by atoms with van der Waals surface area (Å²) in [6, 6.07) is 12.2. The van der Waals surface area contributed by atoms with Crippen LogP contribution in [0.15, 0.2) is 47.4 Å². The molecular weight excluding hydrogens is 338 g/mol. The lowest BCUT2D eigenvalue weighted by Crippen LogP contribution is -2.21. The number of nitro groups is 1. The zero-order valence-corrected chi connectivity index (χ0v) is 14.7. The maximum absolute atomic E-state index is 12.7. The van der Waals surface area contributed by atoms with E-state index in [1.54, 1.807) is 12.1 Å². The van der Waals surface area contributed by atoms with E-state index in [1.807, 2.05) is 30.5 Å². The van der Waals surface area contributed by atoms with E-state index >= 15 is 0 Å². The molecule has 2 aromatic carbocycles. The first-order valence-electron chi connectivity index (χ1n) is 8.08. The third-order valence-corrected chi connectivity index (χ3v) is 4.97. The van der Waals surface area contributed by atoms with Crippen molar-refractivity contribution in [1.29, 1.82) is 0 Å². The van der Waals surface area contributed by atoms with Gasteiger partial charge >= 0.3 is 0 Å². The Morgan fingerprint density at radius 3 is 2.60 bits per heavy atom. The molecule has 1 N–H and O–H groups in total. The molecule has 0 atom stereocenters. The summed E-state index contributed by atoms with van der Waals surface area (Å²) in [7, 11) is 0. The predicted octanol–water partition coefficient (Wildman–Crippen LogP) is 4.17. The van der Waals surface area contributed by atoms with Gasteiger partial charge in [0.1, 0.15) is 5.56 Å². The van der Waals surface area contributed by atoms with Crippen molar-refractivity contribution in [1.82, 2.24) is 0 Å². The number of hydrogen-bond acceptors (Lipinski definition) is 5. The van der Waals surface area contributed by atoms with Gasteiger partial charge in [0.05, 0.1) is 16.3 Å². The first kappa shape index (κ1) is 17.3. The zero-order chi connectivity index (χ0) is 17.8. The summed E-state index contributed by atoms with van der Waals surface area (Å²) in [6.07, 6.45) is 4.12. The van der Waals surface area contributed by atoms with Crippen molar-refractivity contribution in [2.45, 2.75) is 17.7 Å². The van der Waals surface area contributed by atoms with E-state index in [4.69, 9.17) is 0 Å². The number of para-hydroxylation sites is 2. The molecule has 0 unspecified atom stereocenters. The normalized spacial score (nSPS) is 13.7. The summed E-state index contributed by atoms with van der Waals surface area (Å²) < 4.78 is 0. The molecule has 0 radical (unpaired) electrons. The van der Waals surface area contributed by atoms with Crippen LogP contribution in [-0.2, 0) is 0 Å². The molecule has 1 aliphatic rings. The molecule has 3 rings (SSSR count). The minimum atomic E-state index is -0.522. The Kier molecular flexibility index (Phi) is 5.23. The fourth-order valence-electron chi connectivity index (χ4n) is 2.99. The molecule has 0 aromatic heterocycles. The molecule has 0 saturated carbocycles. The molecule has 1 saturated heterocycles. The Hall–Kier alpha value is -2.54. The summed E-state index contributed by atoms with van der Waals surface area (Å²) in [6.45, 7) is 1.91. The van der Waals surface area contributed by atoms with Gasteiger partial charge in [0, 0.05) is 24.1 Å². The molecule has 130 valence electrons. The number of nitro benzene ring substituents is 1. The molecule has 2 aromatic rings. The van der Waals surface area contributed by atoms with Crippen molar-refractivity contribution in [3.8, 4) is 0 Å². The molecule has 6 nitrogen and oxygen atoms in total. The average Bonchev–Trinajstić information content (AvgIpc) is 3.16. The van der Waals surface area contributed by atoms with E-state index < -0.39 is 10.8 Å². The van der Waals surface area contributed by atoms with E-state index in [9.17, 15) is 14.9 Å². The largest absolute Gasteiger partial charge is 0.370 e. The Morgan fingerprint density at radius 1 is 1.20 bits per heavy atom. The van der Waals surface area contributed by atoms with Crippen LogP contribution in [0, 0.1) is 10.1 Å². The Bertz CT molecular complexity index is 804. The standard InChI is InChI=1S/C18H19N3O3S/c1-25-13-8-9-16(21(23)24)14(12-13)18(22)19-15-6-2-3-7-17(15)20-10-4-5-11-20/h2-3,6-9,12H,4-5,10-11H2,1H3,(H,19,22). The topological polar surface area (TPSA) is 75.5 Å². The van der Waals surface area contributed by atoms with Crippen molar-refractivity contribution in [3.63, 3.8) is 0 Å².